The number of hydrogen-bond donors (Lipinski definition) is 1. The van der Waals surface area contributed by atoms with Gasteiger partial charge in [-0.1, -0.05) is 30.3 Å². The van der Waals surface area contributed by atoms with Crippen LogP contribution in [-0.2, 0) is 16.0 Å². The highest BCUT2D eigenvalue weighted by Gasteiger charge is 2.26. The van der Waals surface area contributed by atoms with Crippen LogP contribution in [0.25, 0.3) is 0 Å². The minimum atomic E-state index is -0.868. The summed E-state index contributed by atoms with van der Waals surface area (Å²) in [5.74, 6) is -0.448. The molecule has 1 heterocycles. The third-order valence-corrected chi connectivity index (χ3v) is 3.77. The lowest BCUT2D eigenvalue weighted by Crippen LogP contribution is -2.37. The second kappa shape index (κ2) is 8.19. The number of carboxylic acids is 1. The molecule has 1 aromatic heterocycles. The molecule has 1 atom stereocenters. The summed E-state index contributed by atoms with van der Waals surface area (Å²) in [4.78, 5) is 25.0. The van der Waals surface area contributed by atoms with Gasteiger partial charge in [0.05, 0.1) is 0 Å². The molecule has 1 N–H and O–H groups in total. The van der Waals surface area contributed by atoms with Gasteiger partial charge in [0.15, 0.2) is 0 Å². The molecule has 1 aromatic carbocycles. The van der Waals surface area contributed by atoms with E-state index >= 15 is 0 Å². The molecule has 0 saturated heterocycles. The first-order valence-electron chi connectivity index (χ1n) is 7.74. The Kier molecular flexibility index (Phi) is 6.00. The predicted octanol–water partition coefficient (Wildman–Crippen LogP) is 1.09. The number of hydrogen-bond acceptors (Lipinski definition) is 5. The van der Waals surface area contributed by atoms with Crippen LogP contribution in [0.4, 0.5) is 0 Å². The Morgan fingerprint density at radius 2 is 2.00 bits per heavy atom. The van der Waals surface area contributed by atoms with Crippen LogP contribution in [0.15, 0.2) is 30.3 Å². The van der Waals surface area contributed by atoms with Crippen LogP contribution in [0, 0.1) is 6.92 Å². The van der Waals surface area contributed by atoms with E-state index in [1.807, 2.05) is 30.3 Å². The topological polar surface area (TPSA) is 101 Å². The van der Waals surface area contributed by atoms with Gasteiger partial charge in [-0.15, -0.1) is 5.10 Å². The van der Waals surface area contributed by atoms with E-state index in [1.165, 1.54) is 9.58 Å². The summed E-state index contributed by atoms with van der Waals surface area (Å²) >= 11 is 0. The summed E-state index contributed by atoms with van der Waals surface area (Å²) in [6.45, 7) is 2.12. The number of carbonyl (C=O) groups excluding carboxylic acids is 1. The van der Waals surface area contributed by atoms with Gasteiger partial charge in [-0.25, -0.2) is 4.68 Å². The van der Waals surface area contributed by atoms with Crippen molar-refractivity contribution in [3.63, 3.8) is 0 Å². The molecule has 0 aliphatic rings. The highest BCUT2D eigenvalue weighted by atomic mass is 16.4. The molecule has 0 radical (unpaired) electrons. The second-order valence-electron chi connectivity index (χ2n) is 5.63. The van der Waals surface area contributed by atoms with Crippen molar-refractivity contribution >= 4 is 11.9 Å². The maximum atomic E-state index is 12.8. The molecule has 0 spiro atoms. The molecule has 0 fully saturated rings. The van der Waals surface area contributed by atoms with Gasteiger partial charge in [-0.3, -0.25) is 9.59 Å². The highest BCUT2D eigenvalue weighted by Crippen LogP contribution is 2.17. The summed E-state index contributed by atoms with van der Waals surface area (Å²) in [5.41, 5.74) is 1.00. The predicted molar refractivity (Wildman–Crippen MR) is 86.2 cm³/mol. The van der Waals surface area contributed by atoms with Crippen molar-refractivity contribution in [1.29, 1.82) is 0 Å². The first-order valence-corrected chi connectivity index (χ1v) is 7.74. The summed E-state index contributed by atoms with van der Waals surface area (Å²) in [6, 6.07) is 9.09. The zero-order valence-corrected chi connectivity index (χ0v) is 13.8. The summed E-state index contributed by atoms with van der Waals surface area (Å²) in [5, 5.41) is 20.1. The zero-order chi connectivity index (χ0) is 17.5. The van der Waals surface area contributed by atoms with Gasteiger partial charge in [-0.05, 0) is 29.3 Å². The molecule has 128 valence electrons. The molecule has 8 heteroatoms. The molecular formula is C16H21N5O3. The van der Waals surface area contributed by atoms with Gasteiger partial charge in [0.1, 0.15) is 11.9 Å². The molecule has 0 aliphatic carbocycles. The van der Waals surface area contributed by atoms with Crippen molar-refractivity contribution in [2.45, 2.75) is 32.2 Å². The molecule has 1 unspecified atom stereocenters. The Morgan fingerprint density at radius 3 is 2.58 bits per heavy atom. The van der Waals surface area contributed by atoms with E-state index in [2.05, 4.69) is 15.5 Å². The lowest BCUT2D eigenvalue weighted by atomic mass is 10.0. The molecule has 1 amide bonds. The standard InChI is InChI=1S/C16H21N5O3/c1-12-17-18-19-21(12)14(11-13-7-4-3-5-8-13)16(24)20(2)10-6-9-15(22)23/h3-5,7-8,14H,6,9-11H2,1-2H3,(H,22,23). The van der Waals surface area contributed by atoms with E-state index in [9.17, 15) is 9.59 Å². The number of benzene rings is 1. The SMILES string of the molecule is Cc1nnnn1C(Cc1ccccc1)C(=O)N(C)CCCC(=O)O. The van der Waals surface area contributed by atoms with Crippen LogP contribution >= 0.6 is 0 Å². The Balaban J connectivity index is 2.14. The van der Waals surface area contributed by atoms with E-state index in [0.717, 1.165) is 5.56 Å². The molecule has 2 rings (SSSR count). The summed E-state index contributed by atoms with van der Waals surface area (Å²) in [7, 11) is 1.67. The molecular weight excluding hydrogens is 310 g/mol. The van der Waals surface area contributed by atoms with Crippen molar-refractivity contribution < 1.29 is 14.7 Å². The van der Waals surface area contributed by atoms with Crippen molar-refractivity contribution in [3.05, 3.63) is 41.7 Å². The number of aromatic nitrogens is 4. The molecule has 8 nitrogen and oxygen atoms in total. The first kappa shape index (κ1) is 17.6. The van der Waals surface area contributed by atoms with Crippen molar-refractivity contribution in [2.24, 2.45) is 0 Å². The van der Waals surface area contributed by atoms with Gasteiger partial charge in [0.2, 0.25) is 5.91 Å². The van der Waals surface area contributed by atoms with E-state index in [4.69, 9.17) is 5.11 Å². The normalized spacial score (nSPS) is 11.9. The highest BCUT2D eigenvalue weighted by molar-refractivity contribution is 5.80. The quantitative estimate of drug-likeness (QED) is 0.777. The second-order valence-corrected chi connectivity index (χ2v) is 5.63. The molecule has 2 aromatic rings. The maximum absolute atomic E-state index is 12.8. The first-order chi connectivity index (χ1) is 11.5. The van der Waals surface area contributed by atoms with Crippen LogP contribution in [0.5, 0.6) is 0 Å². The molecule has 0 saturated carbocycles. The lowest BCUT2D eigenvalue weighted by molar-refractivity contribution is -0.138. The maximum Gasteiger partial charge on any atom is 0.303 e. The third-order valence-electron chi connectivity index (χ3n) is 3.77. The van der Waals surface area contributed by atoms with E-state index in [-0.39, 0.29) is 12.3 Å². The number of tetrazole rings is 1. The fourth-order valence-electron chi connectivity index (χ4n) is 2.47. The van der Waals surface area contributed by atoms with Crippen molar-refractivity contribution in [2.75, 3.05) is 13.6 Å². The lowest BCUT2D eigenvalue weighted by Gasteiger charge is -2.24. The van der Waals surface area contributed by atoms with Crippen molar-refractivity contribution in [1.82, 2.24) is 25.1 Å². The Morgan fingerprint density at radius 1 is 1.29 bits per heavy atom. The van der Waals surface area contributed by atoms with Gasteiger partial charge in [0, 0.05) is 26.4 Å². The smallest absolute Gasteiger partial charge is 0.303 e. The van der Waals surface area contributed by atoms with E-state index in [1.54, 1.807) is 14.0 Å². The fraction of sp³-hybridized carbons (Fsp3) is 0.438. The number of amides is 1. The largest absolute Gasteiger partial charge is 0.481 e. The van der Waals surface area contributed by atoms with Gasteiger partial charge in [0.25, 0.3) is 0 Å². The third kappa shape index (κ3) is 4.61. The Hall–Kier alpha value is -2.77. The van der Waals surface area contributed by atoms with Gasteiger partial charge in [-0.2, -0.15) is 0 Å². The number of rotatable bonds is 8. The van der Waals surface area contributed by atoms with E-state index < -0.39 is 12.0 Å². The Labute approximate surface area is 140 Å². The van der Waals surface area contributed by atoms with Crippen LogP contribution < -0.4 is 0 Å². The van der Waals surface area contributed by atoms with Crippen molar-refractivity contribution in [3.8, 4) is 0 Å². The molecule has 24 heavy (non-hydrogen) atoms. The molecule has 0 bridgehead atoms. The number of aliphatic carboxylic acids is 1. The van der Waals surface area contributed by atoms with Crippen LogP contribution in [0.3, 0.4) is 0 Å². The fourth-order valence-corrected chi connectivity index (χ4v) is 2.47. The Bertz CT molecular complexity index is 686. The number of nitrogens with zero attached hydrogens (tertiary/aromatic N) is 5. The minimum Gasteiger partial charge on any atom is -0.481 e. The number of carbonyl (C=O) groups is 2. The average molecular weight is 331 g/mol. The zero-order valence-electron chi connectivity index (χ0n) is 13.8. The monoisotopic (exact) mass is 331 g/mol. The number of aryl methyl sites for hydroxylation is 1. The summed E-state index contributed by atoms with van der Waals surface area (Å²) in [6.07, 6.45) is 0.907. The minimum absolute atomic E-state index is 0.0326. The average Bonchev–Trinajstić information content (AvgIpc) is 2.98. The van der Waals surface area contributed by atoms with Gasteiger partial charge < -0.3 is 10.0 Å². The van der Waals surface area contributed by atoms with Crippen LogP contribution in [-0.4, -0.2) is 55.7 Å². The summed E-state index contributed by atoms with van der Waals surface area (Å²) < 4.78 is 1.52. The van der Waals surface area contributed by atoms with Crippen LogP contribution in [0.2, 0.25) is 0 Å². The number of likely N-dealkylation sites (N-methyl/N-ethyl adjacent to an activating group) is 1. The van der Waals surface area contributed by atoms with E-state index in [0.29, 0.717) is 25.2 Å². The van der Waals surface area contributed by atoms with Gasteiger partial charge >= 0.3 is 5.97 Å². The molecule has 0 aliphatic heterocycles. The van der Waals surface area contributed by atoms with Crippen LogP contribution in [0.1, 0.15) is 30.3 Å². The number of carboxylic acid groups (broad SMARTS) is 1.